The summed E-state index contributed by atoms with van der Waals surface area (Å²) in [5, 5.41) is 3.29. The van der Waals surface area contributed by atoms with E-state index in [0.717, 1.165) is 5.56 Å². The van der Waals surface area contributed by atoms with Crippen LogP contribution in [-0.2, 0) is 6.54 Å². The van der Waals surface area contributed by atoms with Gasteiger partial charge in [-0.2, -0.15) is 0 Å². The van der Waals surface area contributed by atoms with Gasteiger partial charge < -0.3 is 10.1 Å². The summed E-state index contributed by atoms with van der Waals surface area (Å²) < 4.78 is 20.0. The fourth-order valence-electron chi connectivity index (χ4n) is 1.63. The van der Waals surface area contributed by atoms with Gasteiger partial charge in [0, 0.05) is 28.8 Å². The first-order valence-electron chi connectivity index (χ1n) is 6.36. The molecule has 0 aliphatic rings. The summed E-state index contributed by atoms with van der Waals surface area (Å²) in [7, 11) is 0. The van der Waals surface area contributed by atoms with Gasteiger partial charge in [-0.25, -0.2) is 9.37 Å². The van der Waals surface area contributed by atoms with Gasteiger partial charge in [-0.1, -0.05) is 35.8 Å². The third-order valence-corrected chi connectivity index (χ3v) is 3.14. The van der Waals surface area contributed by atoms with Crippen molar-refractivity contribution in [2.75, 3.05) is 0 Å². The molecule has 0 aliphatic carbocycles. The molecule has 0 saturated carbocycles. The van der Waals surface area contributed by atoms with Crippen LogP contribution in [0.3, 0.4) is 0 Å². The lowest BCUT2D eigenvalue weighted by molar-refractivity contribution is 0.419. The van der Waals surface area contributed by atoms with Gasteiger partial charge in [0.1, 0.15) is 0 Å². The molecule has 20 heavy (non-hydrogen) atoms. The van der Waals surface area contributed by atoms with E-state index in [2.05, 4.69) is 40.1 Å². The number of hydrogen-bond donors (Lipinski definition) is 1. The molecule has 1 N–H and O–H groups in total. The number of halogens is 2. The van der Waals surface area contributed by atoms with Crippen LogP contribution >= 0.6 is 15.9 Å². The lowest BCUT2D eigenvalue weighted by atomic mass is 10.2. The molecule has 1 aromatic carbocycles. The van der Waals surface area contributed by atoms with E-state index in [-0.39, 0.29) is 5.75 Å². The van der Waals surface area contributed by atoms with E-state index in [1.54, 1.807) is 18.3 Å². The molecule has 1 heterocycles. The molecule has 0 aliphatic heterocycles. The predicted molar refractivity (Wildman–Crippen MR) is 80.4 cm³/mol. The van der Waals surface area contributed by atoms with Gasteiger partial charge in [-0.05, 0) is 24.3 Å². The van der Waals surface area contributed by atoms with Gasteiger partial charge in [0.05, 0.1) is 0 Å². The molecular weight excluding hydrogens is 323 g/mol. The second-order valence-corrected chi connectivity index (χ2v) is 5.60. The number of nitrogens with zero attached hydrogens (tertiary/aromatic N) is 1. The Labute approximate surface area is 126 Å². The van der Waals surface area contributed by atoms with Gasteiger partial charge in [0.2, 0.25) is 5.88 Å². The standard InChI is InChI=1S/C15H16BrFN2O/c1-10(2)19-9-11-4-3-7-18-15(11)20-14-6-5-12(16)8-13(14)17/h3-8,10,19H,9H2,1-2H3. The minimum Gasteiger partial charge on any atom is -0.436 e. The molecule has 1 aromatic heterocycles. The summed E-state index contributed by atoms with van der Waals surface area (Å²) in [6.45, 7) is 4.75. The number of hydrogen-bond acceptors (Lipinski definition) is 3. The summed E-state index contributed by atoms with van der Waals surface area (Å²) >= 11 is 3.22. The molecule has 0 fully saturated rings. The van der Waals surface area contributed by atoms with Gasteiger partial charge in [-0.15, -0.1) is 0 Å². The van der Waals surface area contributed by atoms with Gasteiger partial charge in [0.25, 0.3) is 0 Å². The second kappa shape index (κ2) is 6.81. The summed E-state index contributed by atoms with van der Waals surface area (Å²) in [6.07, 6.45) is 1.63. The van der Waals surface area contributed by atoms with E-state index in [0.29, 0.717) is 22.9 Å². The van der Waals surface area contributed by atoms with Crippen LogP contribution in [0.2, 0.25) is 0 Å². The molecule has 0 amide bonds. The first kappa shape index (κ1) is 14.9. The molecule has 0 spiro atoms. The van der Waals surface area contributed by atoms with Crippen molar-refractivity contribution in [2.24, 2.45) is 0 Å². The van der Waals surface area contributed by atoms with Crippen LogP contribution in [0.1, 0.15) is 19.4 Å². The van der Waals surface area contributed by atoms with Crippen molar-refractivity contribution in [3.8, 4) is 11.6 Å². The minimum atomic E-state index is -0.423. The van der Waals surface area contributed by atoms with E-state index in [9.17, 15) is 4.39 Å². The van der Waals surface area contributed by atoms with Crippen LogP contribution in [0.4, 0.5) is 4.39 Å². The first-order valence-corrected chi connectivity index (χ1v) is 7.15. The summed E-state index contributed by atoms with van der Waals surface area (Å²) in [5.41, 5.74) is 0.892. The van der Waals surface area contributed by atoms with E-state index >= 15 is 0 Å². The first-order chi connectivity index (χ1) is 9.56. The zero-order chi connectivity index (χ0) is 14.5. The van der Waals surface area contributed by atoms with E-state index in [1.165, 1.54) is 6.07 Å². The molecule has 0 unspecified atom stereocenters. The average molecular weight is 339 g/mol. The zero-order valence-electron chi connectivity index (χ0n) is 11.4. The fraction of sp³-hybridized carbons (Fsp3) is 0.267. The van der Waals surface area contributed by atoms with Crippen molar-refractivity contribution < 1.29 is 9.13 Å². The quantitative estimate of drug-likeness (QED) is 0.883. The van der Waals surface area contributed by atoms with Gasteiger partial charge in [0.15, 0.2) is 11.6 Å². The highest BCUT2D eigenvalue weighted by atomic mass is 79.9. The van der Waals surface area contributed by atoms with E-state index < -0.39 is 5.82 Å². The van der Waals surface area contributed by atoms with Crippen molar-refractivity contribution in [1.82, 2.24) is 10.3 Å². The summed E-state index contributed by atoms with van der Waals surface area (Å²) in [5.74, 6) is 0.160. The third-order valence-electron chi connectivity index (χ3n) is 2.65. The van der Waals surface area contributed by atoms with Crippen LogP contribution < -0.4 is 10.1 Å². The number of ether oxygens (including phenoxy) is 1. The molecule has 0 atom stereocenters. The Balaban J connectivity index is 2.20. The number of benzene rings is 1. The van der Waals surface area contributed by atoms with Gasteiger partial charge in [-0.3, -0.25) is 0 Å². The highest BCUT2D eigenvalue weighted by molar-refractivity contribution is 9.10. The van der Waals surface area contributed by atoms with Crippen molar-refractivity contribution in [1.29, 1.82) is 0 Å². The molecular formula is C15H16BrFN2O. The zero-order valence-corrected chi connectivity index (χ0v) is 12.9. The lowest BCUT2D eigenvalue weighted by Gasteiger charge is -2.12. The highest BCUT2D eigenvalue weighted by Crippen LogP contribution is 2.27. The Morgan fingerprint density at radius 1 is 1.35 bits per heavy atom. The average Bonchev–Trinajstić information content (AvgIpc) is 2.41. The Morgan fingerprint density at radius 3 is 2.85 bits per heavy atom. The lowest BCUT2D eigenvalue weighted by Crippen LogP contribution is -2.22. The molecule has 2 rings (SSSR count). The number of pyridine rings is 1. The summed E-state index contributed by atoms with van der Waals surface area (Å²) in [4.78, 5) is 4.17. The Kier molecular flexibility index (Phi) is 5.09. The second-order valence-electron chi connectivity index (χ2n) is 4.68. The van der Waals surface area contributed by atoms with Crippen LogP contribution in [0, 0.1) is 5.82 Å². The van der Waals surface area contributed by atoms with E-state index in [1.807, 2.05) is 12.1 Å². The Hall–Kier alpha value is -1.46. The van der Waals surface area contributed by atoms with Crippen LogP contribution in [0.5, 0.6) is 11.6 Å². The maximum Gasteiger partial charge on any atom is 0.223 e. The fourth-order valence-corrected chi connectivity index (χ4v) is 1.96. The number of nitrogens with one attached hydrogen (secondary N) is 1. The van der Waals surface area contributed by atoms with Gasteiger partial charge >= 0.3 is 0 Å². The van der Waals surface area contributed by atoms with Crippen LogP contribution in [-0.4, -0.2) is 11.0 Å². The number of rotatable bonds is 5. The topological polar surface area (TPSA) is 34.2 Å². The van der Waals surface area contributed by atoms with Crippen molar-refractivity contribution in [3.63, 3.8) is 0 Å². The monoisotopic (exact) mass is 338 g/mol. The Bertz CT molecular complexity index is 590. The van der Waals surface area contributed by atoms with Crippen molar-refractivity contribution in [2.45, 2.75) is 26.4 Å². The maximum atomic E-state index is 13.8. The molecule has 0 bridgehead atoms. The number of aromatic nitrogens is 1. The largest absolute Gasteiger partial charge is 0.436 e. The third kappa shape index (κ3) is 4.02. The molecule has 106 valence electrons. The molecule has 3 nitrogen and oxygen atoms in total. The normalized spacial score (nSPS) is 10.8. The molecule has 2 aromatic rings. The molecule has 0 saturated heterocycles. The molecule has 0 radical (unpaired) electrons. The maximum absolute atomic E-state index is 13.8. The smallest absolute Gasteiger partial charge is 0.223 e. The van der Waals surface area contributed by atoms with Crippen molar-refractivity contribution in [3.05, 3.63) is 52.4 Å². The van der Waals surface area contributed by atoms with Crippen LogP contribution in [0.25, 0.3) is 0 Å². The minimum absolute atomic E-state index is 0.165. The molecule has 5 heteroatoms. The van der Waals surface area contributed by atoms with Crippen molar-refractivity contribution >= 4 is 15.9 Å². The summed E-state index contributed by atoms with van der Waals surface area (Å²) in [6, 6.07) is 8.77. The van der Waals surface area contributed by atoms with Crippen LogP contribution in [0.15, 0.2) is 41.0 Å². The Morgan fingerprint density at radius 2 is 2.15 bits per heavy atom. The highest BCUT2D eigenvalue weighted by Gasteiger charge is 2.10. The SMILES string of the molecule is CC(C)NCc1cccnc1Oc1ccc(Br)cc1F. The predicted octanol–water partition coefficient (Wildman–Crippen LogP) is 4.27. The van der Waals surface area contributed by atoms with E-state index in [4.69, 9.17) is 4.74 Å².